The maximum Gasteiger partial charge on any atom is 0.265 e. The van der Waals surface area contributed by atoms with Crippen LogP contribution in [-0.2, 0) is 27.2 Å². The van der Waals surface area contributed by atoms with E-state index in [1.165, 1.54) is 16.2 Å². The molecule has 0 saturated heterocycles. The Morgan fingerprint density at radius 2 is 2.09 bits per heavy atom. The van der Waals surface area contributed by atoms with Crippen LogP contribution in [0.25, 0.3) is 0 Å². The Kier molecular flexibility index (Phi) is 7.52. The van der Waals surface area contributed by atoms with Crippen molar-refractivity contribution in [2.75, 3.05) is 43.6 Å². The molecule has 10 heteroatoms. The predicted molar refractivity (Wildman–Crippen MR) is 128 cm³/mol. The van der Waals surface area contributed by atoms with Gasteiger partial charge in [0.15, 0.2) is 6.61 Å². The maximum atomic E-state index is 13.0. The van der Waals surface area contributed by atoms with Gasteiger partial charge in [0.1, 0.15) is 17.3 Å². The number of amides is 3. The van der Waals surface area contributed by atoms with Crippen LogP contribution in [0.5, 0.6) is 5.75 Å². The number of carbonyl (C=O) groups excluding carboxylic acids is 3. The number of carbonyl (C=O) groups is 3. The molecule has 1 aromatic carbocycles. The Morgan fingerprint density at radius 3 is 2.91 bits per heavy atom. The summed E-state index contributed by atoms with van der Waals surface area (Å²) in [5.41, 5.74) is 2.01. The molecule has 33 heavy (non-hydrogen) atoms. The number of nitrogens with one attached hydrogen (secondary N) is 2. The number of thiophene rings is 1. The minimum absolute atomic E-state index is 0.148. The SMILES string of the molecule is COCCCNC(=O)c1c(NC(=O)CN2C(=O)COc3ccc(Cl)cc32)sc2c1CCCC2. The number of aryl methyl sites for hydroxylation is 1. The van der Waals surface area contributed by atoms with Crippen LogP contribution in [0.1, 0.15) is 40.1 Å². The molecule has 0 radical (unpaired) electrons. The molecular formula is C23H26ClN3O5S. The monoisotopic (exact) mass is 491 g/mol. The molecule has 2 aromatic rings. The Labute approximate surface area is 201 Å². The summed E-state index contributed by atoms with van der Waals surface area (Å²) in [6.45, 7) is 0.701. The summed E-state index contributed by atoms with van der Waals surface area (Å²) in [7, 11) is 1.62. The summed E-state index contributed by atoms with van der Waals surface area (Å²) in [6, 6.07) is 4.94. The van der Waals surface area contributed by atoms with Gasteiger partial charge in [-0.3, -0.25) is 19.3 Å². The lowest BCUT2D eigenvalue weighted by atomic mass is 9.95. The molecule has 0 unspecified atom stereocenters. The summed E-state index contributed by atoms with van der Waals surface area (Å²) in [6.07, 6.45) is 4.50. The fourth-order valence-electron chi connectivity index (χ4n) is 4.06. The second-order valence-electron chi connectivity index (χ2n) is 7.95. The molecule has 0 atom stereocenters. The van der Waals surface area contributed by atoms with E-state index < -0.39 is 0 Å². The van der Waals surface area contributed by atoms with E-state index in [0.717, 1.165) is 36.1 Å². The fraction of sp³-hybridized carbons (Fsp3) is 0.435. The van der Waals surface area contributed by atoms with Crippen LogP contribution in [0.3, 0.4) is 0 Å². The second-order valence-corrected chi connectivity index (χ2v) is 9.49. The van der Waals surface area contributed by atoms with Crippen molar-refractivity contribution in [2.45, 2.75) is 32.1 Å². The molecule has 4 rings (SSSR count). The van der Waals surface area contributed by atoms with Crippen LogP contribution < -0.4 is 20.3 Å². The molecule has 1 aliphatic carbocycles. The number of nitrogens with zero attached hydrogens (tertiary/aromatic N) is 1. The molecule has 0 fully saturated rings. The average molecular weight is 492 g/mol. The number of anilines is 2. The van der Waals surface area contributed by atoms with Crippen molar-refractivity contribution in [1.82, 2.24) is 5.32 Å². The molecule has 0 saturated carbocycles. The minimum atomic E-state index is -0.386. The zero-order valence-electron chi connectivity index (χ0n) is 18.4. The first-order valence-corrected chi connectivity index (χ1v) is 12.1. The largest absolute Gasteiger partial charge is 0.482 e. The Bertz CT molecular complexity index is 1070. The average Bonchev–Trinajstić information content (AvgIpc) is 3.16. The summed E-state index contributed by atoms with van der Waals surface area (Å²) in [4.78, 5) is 40.9. The van der Waals surface area contributed by atoms with Crippen molar-refractivity contribution in [1.29, 1.82) is 0 Å². The van der Waals surface area contributed by atoms with Crippen molar-refractivity contribution >= 4 is 51.3 Å². The highest BCUT2D eigenvalue weighted by Gasteiger charge is 2.30. The van der Waals surface area contributed by atoms with Gasteiger partial charge in [-0.2, -0.15) is 0 Å². The topological polar surface area (TPSA) is 97.0 Å². The van der Waals surface area contributed by atoms with Crippen LogP contribution in [0.4, 0.5) is 10.7 Å². The lowest BCUT2D eigenvalue weighted by Crippen LogP contribution is -2.43. The van der Waals surface area contributed by atoms with Gasteiger partial charge >= 0.3 is 0 Å². The lowest BCUT2D eigenvalue weighted by molar-refractivity contribution is -0.123. The number of hydrogen-bond acceptors (Lipinski definition) is 6. The number of fused-ring (bicyclic) bond motifs is 2. The van der Waals surface area contributed by atoms with Crippen molar-refractivity contribution in [3.63, 3.8) is 0 Å². The van der Waals surface area contributed by atoms with E-state index >= 15 is 0 Å². The number of ether oxygens (including phenoxy) is 2. The van der Waals surface area contributed by atoms with Gasteiger partial charge in [-0.15, -0.1) is 11.3 Å². The third-order valence-electron chi connectivity index (χ3n) is 5.63. The first kappa shape index (κ1) is 23.5. The van der Waals surface area contributed by atoms with Crippen LogP contribution in [-0.4, -0.2) is 51.1 Å². The lowest BCUT2D eigenvalue weighted by Gasteiger charge is -2.29. The highest BCUT2D eigenvalue weighted by molar-refractivity contribution is 7.17. The number of hydrogen-bond donors (Lipinski definition) is 2. The molecule has 1 aromatic heterocycles. The van der Waals surface area contributed by atoms with Crippen LogP contribution in [0.2, 0.25) is 5.02 Å². The van der Waals surface area contributed by atoms with Crippen LogP contribution >= 0.6 is 22.9 Å². The van der Waals surface area contributed by atoms with E-state index in [-0.39, 0.29) is 30.9 Å². The van der Waals surface area contributed by atoms with Crippen molar-refractivity contribution in [3.05, 3.63) is 39.2 Å². The van der Waals surface area contributed by atoms with Crippen LogP contribution in [0, 0.1) is 0 Å². The van der Waals surface area contributed by atoms with Gasteiger partial charge < -0.3 is 20.1 Å². The number of methoxy groups -OCH3 is 1. The normalized spacial score (nSPS) is 14.8. The highest BCUT2D eigenvalue weighted by atomic mass is 35.5. The highest BCUT2D eigenvalue weighted by Crippen LogP contribution is 2.38. The smallest absolute Gasteiger partial charge is 0.265 e. The third-order valence-corrected chi connectivity index (χ3v) is 7.07. The summed E-state index contributed by atoms with van der Waals surface area (Å²) in [5.74, 6) is -0.417. The van der Waals surface area contributed by atoms with Gasteiger partial charge in [-0.25, -0.2) is 0 Å². The molecular weight excluding hydrogens is 466 g/mol. The Balaban J connectivity index is 1.52. The van der Waals surface area contributed by atoms with Crippen LogP contribution in [0.15, 0.2) is 18.2 Å². The van der Waals surface area contributed by atoms with E-state index in [1.807, 2.05) is 0 Å². The summed E-state index contributed by atoms with van der Waals surface area (Å²) in [5, 5.41) is 6.79. The quantitative estimate of drug-likeness (QED) is 0.551. The molecule has 0 bridgehead atoms. The molecule has 176 valence electrons. The summed E-state index contributed by atoms with van der Waals surface area (Å²) >= 11 is 7.53. The number of halogens is 1. The first-order chi connectivity index (χ1) is 16.0. The molecule has 0 spiro atoms. The standard InChI is InChI=1S/C23H26ClN3O5S/c1-31-10-4-9-25-22(30)21-15-5-2-3-6-18(15)33-23(21)26-19(28)12-27-16-11-14(24)7-8-17(16)32-13-20(27)29/h7-8,11H,2-6,9-10,12-13H2,1H3,(H,25,30)(H,26,28). The zero-order chi connectivity index (χ0) is 23.4. The maximum absolute atomic E-state index is 13.0. The fourth-order valence-corrected chi connectivity index (χ4v) is 5.53. The zero-order valence-corrected chi connectivity index (χ0v) is 19.9. The van der Waals surface area contributed by atoms with E-state index in [1.54, 1.807) is 25.3 Å². The predicted octanol–water partition coefficient (Wildman–Crippen LogP) is 3.41. The van der Waals surface area contributed by atoms with Gasteiger partial charge in [0, 0.05) is 30.2 Å². The van der Waals surface area contributed by atoms with E-state index in [0.29, 0.717) is 46.6 Å². The molecule has 8 nitrogen and oxygen atoms in total. The van der Waals surface area contributed by atoms with E-state index in [2.05, 4.69) is 10.6 Å². The van der Waals surface area contributed by atoms with Crippen molar-refractivity contribution < 1.29 is 23.9 Å². The molecule has 3 amide bonds. The Hall–Kier alpha value is -2.62. The van der Waals surface area contributed by atoms with E-state index in [9.17, 15) is 14.4 Å². The number of rotatable bonds is 8. The molecule has 1 aliphatic heterocycles. The van der Waals surface area contributed by atoms with Crippen molar-refractivity contribution in [2.24, 2.45) is 0 Å². The minimum Gasteiger partial charge on any atom is -0.482 e. The van der Waals surface area contributed by atoms with Gasteiger partial charge in [0.25, 0.3) is 11.8 Å². The first-order valence-electron chi connectivity index (χ1n) is 10.9. The second kappa shape index (κ2) is 10.5. The Morgan fingerprint density at radius 1 is 1.27 bits per heavy atom. The van der Waals surface area contributed by atoms with Gasteiger partial charge in [0.2, 0.25) is 5.91 Å². The number of benzene rings is 1. The van der Waals surface area contributed by atoms with Gasteiger partial charge in [0.05, 0.1) is 11.3 Å². The molecule has 2 aliphatic rings. The third kappa shape index (κ3) is 5.31. The van der Waals surface area contributed by atoms with E-state index in [4.69, 9.17) is 21.1 Å². The van der Waals surface area contributed by atoms with Gasteiger partial charge in [-0.05, 0) is 55.9 Å². The summed E-state index contributed by atoms with van der Waals surface area (Å²) < 4.78 is 10.5. The molecule has 2 N–H and O–H groups in total. The van der Waals surface area contributed by atoms with Crippen molar-refractivity contribution in [3.8, 4) is 5.75 Å². The van der Waals surface area contributed by atoms with Gasteiger partial charge in [-0.1, -0.05) is 11.6 Å². The molecule has 2 heterocycles.